The topological polar surface area (TPSA) is 135 Å². The van der Waals surface area contributed by atoms with Gasteiger partial charge in [0.1, 0.15) is 36.1 Å². The Morgan fingerprint density at radius 1 is 1.08 bits per heavy atom. The van der Waals surface area contributed by atoms with Crippen LogP contribution in [0, 0.1) is 5.82 Å². The van der Waals surface area contributed by atoms with Gasteiger partial charge in [-0.2, -0.15) is 0 Å². The van der Waals surface area contributed by atoms with Gasteiger partial charge in [-0.25, -0.2) is 13.8 Å². The first-order chi connectivity index (χ1) is 23.2. The minimum atomic E-state index is -0.878. The number of benzene rings is 3. The lowest BCUT2D eigenvalue weighted by Gasteiger charge is -2.23. The molecule has 0 fully saturated rings. The minimum Gasteiger partial charge on any atom is -0.489 e. The number of ether oxygens (including phenoxy) is 4. The Morgan fingerprint density at radius 3 is 2.60 bits per heavy atom. The van der Waals surface area contributed by atoms with Gasteiger partial charge in [0, 0.05) is 38.6 Å². The summed E-state index contributed by atoms with van der Waals surface area (Å²) in [4.78, 5) is 47.7. The maximum atomic E-state index is 13.5. The molecule has 246 valence electrons. The standard InChI is InChI=1S/C34H29ClFN5O7/c1-37-12-3-4-14-45-28-18-26-29(31-30(28)46-15-16-47-31)27(11-13-38-26)48-22-9-10-25(24(35)17-22)39-32(42)23-19-40(2)34(44)41(33(23)43)21-7-5-20(36)6-8-21/h5-13,17-19H,3-4,14-16H2,1-2H3,(H,39,42)/b37-12+. The van der Waals surface area contributed by atoms with Crippen molar-refractivity contribution in [2.24, 2.45) is 12.0 Å². The summed E-state index contributed by atoms with van der Waals surface area (Å²) in [5, 5.41) is 3.32. The van der Waals surface area contributed by atoms with Gasteiger partial charge in [-0.3, -0.25) is 14.6 Å². The molecule has 14 heteroatoms. The zero-order valence-electron chi connectivity index (χ0n) is 25.9. The molecule has 5 aromatic rings. The van der Waals surface area contributed by atoms with Gasteiger partial charge >= 0.3 is 5.69 Å². The molecule has 0 saturated heterocycles. The van der Waals surface area contributed by atoms with E-state index in [1.165, 1.54) is 31.3 Å². The summed E-state index contributed by atoms with van der Waals surface area (Å²) in [6.07, 6.45) is 6.12. The van der Waals surface area contributed by atoms with Crippen LogP contribution in [0.15, 0.2) is 81.6 Å². The second-order valence-electron chi connectivity index (χ2n) is 10.6. The van der Waals surface area contributed by atoms with Crippen molar-refractivity contribution in [3.05, 3.63) is 104 Å². The summed E-state index contributed by atoms with van der Waals surface area (Å²) >= 11 is 6.55. The highest BCUT2D eigenvalue weighted by Gasteiger charge is 2.25. The fourth-order valence-corrected chi connectivity index (χ4v) is 5.29. The summed E-state index contributed by atoms with van der Waals surface area (Å²) in [7, 11) is 3.12. The first kappa shape index (κ1) is 32.3. The molecule has 0 radical (unpaired) electrons. The lowest BCUT2D eigenvalue weighted by molar-refractivity contribution is 0.102. The highest BCUT2D eigenvalue weighted by atomic mass is 35.5. The largest absolute Gasteiger partial charge is 0.489 e. The number of aromatic nitrogens is 3. The number of carbonyl (C=O) groups is 1. The molecule has 1 N–H and O–H groups in total. The van der Waals surface area contributed by atoms with E-state index < -0.39 is 23.0 Å². The number of carbonyl (C=O) groups excluding carboxylic acids is 1. The molecule has 0 spiro atoms. The number of anilines is 1. The third kappa shape index (κ3) is 6.58. The molecule has 0 saturated carbocycles. The number of aryl methyl sites for hydroxylation is 1. The molecule has 1 aliphatic rings. The molecule has 0 atom stereocenters. The second-order valence-corrected chi connectivity index (χ2v) is 11.0. The summed E-state index contributed by atoms with van der Waals surface area (Å²) in [5.74, 6) is 0.849. The van der Waals surface area contributed by atoms with Crippen molar-refractivity contribution in [2.45, 2.75) is 12.8 Å². The lowest BCUT2D eigenvalue weighted by Crippen LogP contribution is -2.41. The van der Waals surface area contributed by atoms with Crippen LogP contribution >= 0.6 is 11.6 Å². The Labute approximate surface area is 277 Å². The highest BCUT2D eigenvalue weighted by Crippen LogP contribution is 2.48. The number of halogens is 2. The minimum absolute atomic E-state index is 0.111. The number of rotatable bonds is 10. The molecule has 2 aromatic heterocycles. The van der Waals surface area contributed by atoms with Gasteiger partial charge in [0.15, 0.2) is 11.5 Å². The van der Waals surface area contributed by atoms with Crippen molar-refractivity contribution in [2.75, 3.05) is 32.2 Å². The van der Waals surface area contributed by atoms with Crippen LogP contribution in [-0.2, 0) is 7.05 Å². The van der Waals surface area contributed by atoms with Gasteiger partial charge in [-0.1, -0.05) is 11.6 Å². The molecule has 48 heavy (non-hydrogen) atoms. The number of nitrogens with zero attached hydrogens (tertiary/aromatic N) is 4. The summed E-state index contributed by atoms with van der Waals surface area (Å²) in [5.41, 5.74) is -1.04. The quantitative estimate of drug-likeness (QED) is 0.151. The number of hydrogen-bond acceptors (Lipinski definition) is 9. The second kappa shape index (κ2) is 14.0. The van der Waals surface area contributed by atoms with Gasteiger partial charge < -0.3 is 33.8 Å². The Kier molecular flexibility index (Phi) is 9.39. The van der Waals surface area contributed by atoms with Crippen LogP contribution in [0.3, 0.4) is 0 Å². The van der Waals surface area contributed by atoms with E-state index in [2.05, 4.69) is 15.3 Å². The Balaban J connectivity index is 1.25. The first-order valence-electron chi connectivity index (χ1n) is 14.9. The summed E-state index contributed by atoms with van der Waals surface area (Å²) in [6, 6.07) is 12.8. The van der Waals surface area contributed by atoms with Crippen LogP contribution in [0.1, 0.15) is 23.2 Å². The van der Waals surface area contributed by atoms with E-state index in [9.17, 15) is 18.8 Å². The first-order valence-corrected chi connectivity index (χ1v) is 15.2. The van der Waals surface area contributed by atoms with Gasteiger partial charge in [-0.05, 0) is 61.5 Å². The Bertz CT molecular complexity index is 2170. The Morgan fingerprint density at radius 2 is 1.85 bits per heavy atom. The van der Waals surface area contributed by atoms with E-state index >= 15 is 0 Å². The van der Waals surface area contributed by atoms with Crippen molar-refractivity contribution in [1.29, 1.82) is 0 Å². The molecule has 3 heterocycles. The number of aliphatic imine (C=N–C) groups is 1. The Hall–Kier alpha value is -5.69. The molecule has 0 unspecified atom stereocenters. The number of fused-ring (bicyclic) bond motifs is 3. The van der Waals surface area contributed by atoms with E-state index in [0.717, 1.165) is 40.3 Å². The molecular formula is C34H29ClFN5O7. The van der Waals surface area contributed by atoms with Crippen LogP contribution in [-0.4, -0.2) is 53.1 Å². The maximum Gasteiger partial charge on any atom is 0.335 e. The van der Waals surface area contributed by atoms with Gasteiger partial charge in [0.05, 0.1) is 33.9 Å². The van der Waals surface area contributed by atoms with Crippen LogP contribution in [0.25, 0.3) is 16.6 Å². The van der Waals surface area contributed by atoms with Gasteiger partial charge in [0.2, 0.25) is 5.75 Å². The number of amides is 1. The molecule has 12 nitrogen and oxygen atoms in total. The predicted molar refractivity (Wildman–Crippen MR) is 179 cm³/mol. The van der Waals surface area contributed by atoms with Crippen LogP contribution in [0.4, 0.5) is 10.1 Å². The van der Waals surface area contributed by atoms with Crippen LogP contribution in [0.5, 0.6) is 28.7 Å². The van der Waals surface area contributed by atoms with E-state index in [1.54, 1.807) is 31.4 Å². The van der Waals surface area contributed by atoms with Crippen molar-refractivity contribution in [1.82, 2.24) is 14.1 Å². The fraction of sp³-hybridized carbons (Fsp3) is 0.206. The summed E-state index contributed by atoms with van der Waals surface area (Å²) < 4.78 is 39.5. The molecule has 6 rings (SSSR count). The smallest absolute Gasteiger partial charge is 0.335 e. The monoisotopic (exact) mass is 673 g/mol. The third-order valence-corrected chi connectivity index (χ3v) is 7.67. The predicted octanol–water partition coefficient (Wildman–Crippen LogP) is 5.55. The zero-order valence-corrected chi connectivity index (χ0v) is 26.6. The van der Waals surface area contributed by atoms with Gasteiger partial charge in [0.25, 0.3) is 11.5 Å². The SMILES string of the molecule is C/N=C/CCCOc1cc2nccc(Oc3ccc(NC(=O)c4cn(C)c(=O)n(-c5ccc(F)cc5)c4=O)c(Cl)c3)c2c2c1OCCO2. The van der Waals surface area contributed by atoms with Crippen molar-refractivity contribution < 1.29 is 28.1 Å². The van der Waals surface area contributed by atoms with E-state index in [-0.39, 0.29) is 22.0 Å². The molecular weight excluding hydrogens is 645 g/mol. The van der Waals surface area contributed by atoms with E-state index in [1.807, 2.05) is 6.21 Å². The molecule has 3 aromatic carbocycles. The van der Waals surface area contributed by atoms with Crippen molar-refractivity contribution in [3.63, 3.8) is 0 Å². The number of unbranched alkanes of at least 4 members (excludes halogenated alkanes) is 1. The van der Waals surface area contributed by atoms with Crippen LogP contribution in [0.2, 0.25) is 5.02 Å². The van der Waals surface area contributed by atoms with Crippen molar-refractivity contribution >= 4 is 40.3 Å². The molecule has 0 aliphatic carbocycles. The fourth-order valence-electron chi connectivity index (χ4n) is 5.07. The van der Waals surface area contributed by atoms with E-state index in [0.29, 0.717) is 59.5 Å². The average molecular weight is 674 g/mol. The number of pyridine rings is 1. The number of nitrogens with one attached hydrogen (secondary N) is 1. The van der Waals surface area contributed by atoms with E-state index in [4.69, 9.17) is 30.5 Å². The normalized spacial score (nSPS) is 12.3. The summed E-state index contributed by atoms with van der Waals surface area (Å²) in [6.45, 7) is 1.14. The third-order valence-electron chi connectivity index (χ3n) is 7.36. The molecule has 1 aliphatic heterocycles. The van der Waals surface area contributed by atoms with Crippen molar-refractivity contribution in [3.8, 4) is 34.4 Å². The molecule has 0 bridgehead atoms. The zero-order chi connectivity index (χ0) is 33.8. The van der Waals surface area contributed by atoms with Gasteiger partial charge in [-0.15, -0.1) is 0 Å². The average Bonchev–Trinajstić information content (AvgIpc) is 3.08. The number of hydrogen-bond donors (Lipinski definition) is 1. The molecule has 1 amide bonds. The lowest BCUT2D eigenvalue weighted by atomic mass is 10.1. The highest BCUT2D eigenvalue weighted by molar-refractivity contribution is 6.34. The maximum absolute atomic E-state index is 13.5. The van der Waals surface area contributed by atoms with Crippen LogP contribution < -0.4 is 35.5 Å².